The molecule has 128 valence electrons. The maximum atomic E-state index is 12.5. The van der Waals surface area contributed by atoms with Crippen molar-refractivity contribution < 1.29 is 4.79 Å². The first-order valence-electron chi connectivity index (χ1n) is 8.16. The Hall–Kier alpha value is -3.61. The molecule has 0 unspecified atom stereocenters. The molecule has 0 atom stereocenters. The summed E-state index contributed by atoms with van der Waals surface area (Å²) in [6.45, 7) is 0. The third-order valence-electron chi connectivity index (χ3n) is 4.09. The van der Waals surface area contributed by atoms with Crippen molar-refractivity contribution in [2.75, 3.05) is 5.32 Å². The van der Waals surface area contributed by atoms with Crippen LogP contribution in [0.15, 0.2) is 60.8 Å². The molecule has 0 spiro atoms. The molecule has 4 aromatic rings. The number of anilines is 1. The minimum atomic E-state index is -0.101. The standard InChI is InChI=1S/C19H16N6O/c1-25-19(22-23-24-25)15-7-3-9-16(11-15)21-17(26)12-14-6-2-5-13-8-4-10-20-18(13)14/h2-11H,12H2,1H3,(H,21,26). The lowest BCUT2D eigenvalue weighted by Crippen LogP contribution is -2.14. The van der Waals surface area contributed by atoms with Gasteiger partial charge in [0.05, 0.1) is 11.9 Å². The molecular formula is C19H16N6O. The number of benzene rings is 2. The van der Waals surface area contributed by atoms with E-state index < -0.39 is 0 Å². The molecule has 2 aromatic heterocycles. The van der Waals surface area contributed by atoms with Crippen LogP contribution in [0.3, 0.4) is 0 Å². The van der Waals surface area contributed by atoms with E-state index >= 15 is 0 Å². The second-order valence-electron chi connectivity index (χ2n) is 5.92. The van der Waals surface area contributed by atoms with Gasteiger partial charge in [0.2, 0.25) is 5.91 Å². The number of nitrogens with one attached hydrogen (secondary N) is 1. The van der Waals surface area contributed by atoms with Gasteiger partial charge in [0.1, 0.15) is 0 Å². The van der Waals surface area contributed by atoms with Gasteiger partial charge in [-0.2, -0.15) is 0 Å². The quantitative estimate of drug-likeness (QED) is 0.615. The maximum absolute atomic E-state index is 12.5. The lowest BCUT2D eigenvalue weighted by atomic mass is 10.1. The zero-order valence-corrected chi connectivity index (χ0v) is 14.1. The van der Waals surface area contributed by atoms with Crippen molar-refractivity contribution in [3.8, 4) is 11.4 Å². The molecule has 0 bridgehead atoms. The third kappa shape index (κ3) is 3.14. The molecule has 2 aromatic carbocycles. The zero-order valence-electron chi connectivity index (χ0n) is 14.1. The molecule has 7 nitrogen and oxygen atoms in total. The second-order valence-corrected chi connectivity index (χ2v) is 5.92. The number of aryl methyl sites for hydroxylation is 1. The Labute approximate surface area is 149 Å². The zero-order chi connectivity index (χ0) is 17.9. The highest BCUT2D eigenvalue weighted by molar-refractivity contribution is 5.95. The number of tetrazole rings is 1. The third-order valence-corrected chi connectivity index (χ3v) is 4.09. The van der Waals surface area contributed by atoms with Gasteiger partial charge in [0.25, 0.3) is 0 Å². The maximum Gasteiger partial charge on any atom is 0.228 e. The fourth-order valence-corrected chi connectivity index (χ4v) is 2.90. The van der Waals surface area contributed by atoms with Crippen LogP contribution in [0, 0.1) is 0 Å². The van der Waals surface area contributed by atoms with Gasteiger partial charge >= 0.3 is 0 Å². The average Bonchev–Trinajstić information content (AvgIpc) is 3.08. The molecule has 0 saturated carbocycles. The number of rotatable bonds is 4. The number of amides is 1. The van der Waals surface area contributed by atoms with Gasteiger partial charge in [-0.15, -0.1) is 5.10 Å². The number of pyridine rings is 1. The number of para-hydroxylation sites is 1. The predicted molar refractivity (Wildman–Crippen MR) is 98.3 cm³/mol. The van der Waals surface area contributed by atoms with E-state index in [2.05, 4.69) is 25.8 Å². The molecule has 4 rings (SSSR count). The summed E-state index contributed by atoms with van der Waals surface area (Å²) in [5.41, 5.74) is 3.28. The summed E-state index contributed by atoms with van der Waals surface area (Å²) in [4.78, 5) is 16.9. The van der Waals surface area contributed by atoms with Crippen LogP contribution in [0.2, 0.25) is 0 Å². The molecule has 0 radical (unpaired) electrons. The van der Waals surface area contributed by atoms with Gasteiger partial charge in [-0.25, -0.2) is 4.68 Å². The molecule has 1 N–H and O–H groups in total. The number of carbonyl (C=O) groups is 1. The summed E-state index contributed by atoms with van der Waals surface area (Å²) < 4.78 is 1.59. The van der Waals surface area contributed by atoms with Gasteiger partial charge in [-0.1, -0.05) is 36.4 Å². The molecular weight excluding hydrogens is 328 g/mol. The van der Waals surface area contributed by atoms with Gasteiger partial charge in [-0.3, -0.25) is 9.78 Å². The first-order valence-corrected chi connectivity index (χ1v) is 8.16. The molecule has 0 aliphatic heterocycles. The van der Waals surface area contributed by atoms with Gasteiger partial charge < -0.3 is 5.32 Å². The number of hydrogen-bond acceptors (Lipinski definition) is 5. The largest absolute Gasteiger partial charge is 0.326 e. The lowest BCUT2D eigenvalue weighted by molar-refractivity contribution is -0.115. The summed E-state index contributed by atoms with van der Waals surface area (Å²) in [6.07, 6.45) is 1.99. The SMILES string of the molecule is Cn1nnnc1-c1cccc(NC(=O)Cc2cccc3cccnc23)c1. The first-order chi connectivity index (χ1) is 12.7. The summed E-state index contributed by atoms with van der Waals surface area (Å²) in [7, 11) is 1.77. The Kier molecular flexibility index (Phi) is 4.10. The van der Waals surface area contributed by atoms with Crippen LogP contribution >= 0.6 is 0 Å². The van der Waals surface area contributed by atoms with Crippen molar-refractivity contribution >= 4 is 22.5 Å². The monoisotopic (exact) mass is 344 g/mol. The van der Waals surface area contributed by atoms with E-state index in [4.69, 9.17) is 0 Å². The van der Waals surface area contributed by atoms with E-state index in [0.717, 1.165) is 22.0 Å². The van der Waals surface area contributed by atoms with Crippen molar-refractivity contribution in [2.45, 2.75) is 6.42 Å². The summed E-state index contributed by atoms with van der Waals surface area (Å²) in [6, 6.07) is 17.2. The van der Waals surface area contributed by atoms with Crippen molar-refractivity contribution in [1.29, 1.82) is 0 Å². The van der Waals surface area contributed by atoms with Crippen molar-refractivity contribution in [1.82, 2.24) is 25.2 Å². The van der Waals surface area contributed by atoms with Crippen molar-refractivity contribution in [2.24, 2.45) is 7.05 Å². The lowest BCUT2D eigenvalue weighted by Gasteiger charge is -2.08. The first kappa shape index (κ1) is 15.9. The molecule has 0 aliphatic rings. The molecule has 1 amide bonds. The Morgan fingerprint density at radius 2 is 1.96 bits per heavy atom. The number of fused-ring (bicyclic) bond motifs is 1. The predicted octanol–water partition coefficient (Wildman–Crippen LogP) is 2.61. The molecule has 0 saturated heterocycles. The summed E-state index contributed by atoms with van der Waals surface area (Å²) in [5, 5.41) is 15.4. The molecule has 7 heteroatoms. The van der Waals surface area contributed by atoms with E-state index in [-0.39, 0.29) is 12.3 Å². The highest BCUT2D eigenvalue weighted by Gasteiger charge is 2.10. The Morgan fingerprint density at radius 1 is 1.12 bits per heavy atom. The molecule has 2 heterocycles. The fraction of sp³-hybridized carbons (Fsp3) is 0.105. The average molecular weight is 344 g/mol. The van der Waals surface area contributed by atoms with E-state index in [1.54, 1.807) is 17.9 Å². The molecule has 0 aliphatic carbocycles. The minimum absolute atomic E-state index is 0.101. The number of hydrogen-bond donors (Lipinski definition) is 1. The Morgan fingerprint density at radius 3 is 2.81 bits per heavy atom. The van der Waals surface area contributed by atoms with Gasteiger partial charge in [0.15, 0.2) is 5.82 Å². The smallest absolute Gasteiger partial charge is 0.228 e. The Balaban J connectivity index is 1.54. The topological polar surface area (TPSA) is 85.6 Å². The van der Waals surface area contributed by atoms with Crippen LogP contribution in [-0.4, -0.2) is 31.1 Å². The van der Waals surface area contributed by atoms with Crippen molar-refractivity contribution in [3.63, 3.8) is 0 Å². The van der Waals surface area contributed by atoms with E-state index in [1.807, 2.05) is 54.6 Å². The van der Waals surface area contributed by atoms with Crippen LogP contribution in [0.25, 0.3) is 22.3 Å². The number of aromatic nitrogens is 5. The molecule has 0 fully saturated rings. The van der Waals surface area contributed by atoms with Crippen LogP contribution in [-0.2, 0) is 18.3 Å². The van der Waals surface area contributed by atoms with Gasteiger partial charge in [0, 0.05) is 29.9 Å². The minimum Gasteiger partial charge on any atom is -0.326 e. The van der Waals surface area contributed by atoms with Crippen LogP contribution in [0.5, 0.6) is 0 Å². The highest BCUT2D eigenvalue weighted by Crippen LogP contribution is 2.21. The number of nitrogens with zero attached hydrogens (tertiary/aromatic N) is 5. The molecule has 26 heavy (non-hydrogen) atoms. The normalized spacial score (nSPS) is 10.8. The number of carbonyl (C=O) groups excluding carboxylic acids is 1. The van der Waals surface area contributed by atoms with Crippen LogP contribution in [0.4, 0.5) is 5.69 Å². The second kappa shape index (κ2) is 6.72. The van der Waals surface area contributed by atoms with Crippen molar-refractivity contribution in [3.05, 3.63) is 66.4 Å². The van der Waals surface area contributed by atoms with Crippen LogP contribution < -0.4 is 5.32 Å². The van der Waals surface area contributed by atoms with E-state index in [0.29, 0.717) is 11.5 Å². The fourth-order valence-electron chi connectivity index (χ4n) is 2.90. The highest BCUT2D eigenvalue weighted by atomic mass is 16.1. The summed E-state index contributed by atoms with van der Waals surface area (Å²) in [5.74, 6) is 0.538. The van der Waals surface area contributed by atoms with E-state index in [1.165, 1.54) is 0 Å². The Bertz CT molecular complexity index is 1080. The van der Waals surface area contributed by atoms with E-state index in [9.17, 15) is 4.79 Å². The van der Waals surface area contributed by atoms with Crippen LogP contribution in [0.1, 0.15) is 5.56 Å². The summed E-state index contributed by atoms with van der Waals surface area (Å²) >= 11 is 0. The van der Waals surface area contributed by atoms with Gasteiger partial charge in [-0.05, 0) is 34.2 Å².